The van der Waals surface area contributed by atoms with Gasteiger partial charge in [0.1, 0.15) is 0 Å². The Hall–Kier alpha value is -1.15. The first-order valence-corrected chi connectivity index (χ1v) is 7.95. The van der Waals surface area contributed by atoms with Crippen molar-refractivity contribution in [2.24, 2.45) is 0 Å². The van der Waals surface area contributed by atoms with Crippen LogP contribution in [0.1, 0.15) is 24.8 Å². The third-order valence-corrected chi connectivity index (χ3v) is 4.62. The van der Waals surface area contributed by atoms with E-state index in [1.807, 2.05) is 0 Å². The normalized spacial score (nSPS) is 17.4. The SMILES string of the molecule is O=C(Nc1cc(C#CCCO)ccc1Cl)C1CCCS1. The number of carbonyl (C=O) groups excluding carboxylic acids is 1. The first-order valence-electron chi connectivity index (χ1n) is 6.52. The first-order chi connectivity index (χ1) is 9.70. The summed E-state index contributed by atoms with van der Waals surface area (Å²) in [7, 11) is 0. The molecule has 1 fully saturated rings. The molecule has 2 N–H and O–H groups in total. The van der Waals surface area contributed by atoms with E-state index in [9.17, 15) is 4.79 Å². The summed E-state index contributed by atoms with van der Waals surface area (Å²) in [5, 5.41) is 12.1. The van der Waals surface area contributed by atoms with Gasteiger partial charge >= 0.3 is 0 Å². The number of hydrogen-bond donors (Lipinski definition) is 2. The van der Waals surface area contributed by atoms with Gasteiger partial charge in [0.05, 0.1) is 22.6 Å². The molecule has 1 aromatic rings. The van der Waals surface area contributed by atoms with E-state index in [1.165, 1.54) is 0 Å². The van der Waals surface area contributed by atoms with Crippen LogP contribution in [0.4, 0.5) is 5.69 Å². The Labute approximate surface area is 128 Å². The van der Waals surface area contributed by atoms with Gasteiger partial charge in [0.15, 0.2) is 0 Å². The number of aliphatic hydroxyl groups is 1. The van der Waals surface area contributed by atoms with Crippen LogP contribution in [0, 0.1) is 11.8 Å². The smallest absolute Gasteiger partial charge is 0.237 e. The third-order valence-electron chi connectivity index (χ3n) is 2.92. The van der Waals surface area contributed by atoms with Crippen molar-refractivity contribution in [1.82, 2.24) is 0 Å². The van der Waals surface area contributed by atoms with Crippen molar-refractivity contribution in [2.45, 2.75) is 24.5 Å². The zero-order valence-electron chi connectivity index (χ0n) is 11.0. The summed E-state index contributed by atoms with van der Waals surface area (Å²) in [6, 6.07) is 5.29. The number of benzene rings is 1. The van der Waals surface area contributed by atoms with Gasteiger partial charge in [-0.1, -0.05) is 23.4 Å². The van der Waals surface area contributed by atoms with Gasteiger partial charge in [0, 0.05) is 12.0 Å². The minimum absolute atomic E-state index is 0.00914. The molecule has 1 unspecified atom stereocenters. The molecule has 0 spiro atoms. The lowest BCUT2D eigenvalue weighted by molar-refractivity contribution is -0.115. The number of halogens is 1. The fourth-order valence-electron chi connectivity index (χ4n) is 1.92. The summed E-state index contributed by atoms with van der Waals surface area (Å²) in [6.07, 6.45) is 2.44. The Balaban J connectivity index is 2.08. The number of hydrogen-bond acceptors (Lipinski definition) is 3. The summed E-state index contributed by atoms with van der Waals surface area (Å²) in [5.74, 6) is 6.83. The van der Waals surface area contributed by atoms with E-state index in [0.29, 0.717) is 17.1 Å². The lowest BCUT2D eigenvalue weighted by Gasteiger charge is -2.11. The first kappa shape index (κ1) is 15.2. The highest BCUT2D eigenvalue weighted by Gasteiger charge is 2.23. The number of rotatable bonds is 3. The maximum absolute atomic E-state index is 12.1. The molecule has 1 heterocycles. The second-order valence-electron chi connectivity index (χ2n) is 4.46. The van der Waals surface area contributed by atoms with Crippen LogP contribution in [0.3, 0.4) is 0 Å². The summed E-state index contributed by atoms with van der Waals surface area (Å²) in [5.41, 5.74) is 1.37. The molecule has 0 aliphatic carbocycles. The van der Waals surface area contributed by atoms with Gasteiger partial charge in [-0.15, -0.1) is 11.8 Å². The monoisotopic (exact) mass is 309 g/mol. The maximum Gasteiger partial charge on any atom is 0.237 e. The molecule has 1 aliphatic rings. The van der Waals surface area contributed by atoms with Crippen LogP contribution in [0.2, 0.25) is 5.02 Å². The second kappa shape index (κ2) is 7.58. The van der Waals surface area contributed by atoms with Crippen LogP contribution >= 0.6 is 23.4 Å². The molecule has 1 aromatic carbocycles. The average Bonchev–Trinajstić information content (AvgIpc) is 2.97. The Morgan fingerprint density at radius 1 is 1.55 bits per heavy atom. The quantitative estimate of drug-likeness (QED) is 0.844. The average molecular weight is 310 g/mol. The zero-order chi connectivity index (χ0) is 14.4. The number of aliphatic hydroxyl groups excluding tert-OH is 1. The number of thioether (sulfide) groups is 1. The molecule has 1 aliphatic heterocycles. The predicted molar refractivity (Wildman–Crippen MR) is 84.1 cm³/mol. The van der Waals surface area contributed by atoms with E-state index >= 15 is 0 Å². The van der Waals surface area contributed by atoms with Crippen molar-refractivity contribution in [3.63, 3.8) is 0 Å². The van der Waals surface area contributed by atoms with E-state index in [1.54, 1.807) is 30.0 Å². The highest BCUT2D eigenvalue weighted by atomic mass is 35.5. The van der Waals surface area contributed by atoms with Crippen molar-refractivity contribution in [1.29, 1.82) is 0 Å². The summed E-state index contributed by atoms with van der Waals surface area (Å²) < 4.78 is 0. The van der Waals surface area contributed by atoms with Crippen LogP contribution in [-0.2, 0) is 4.79 Å². The van der Waals surface area contributed by atoms with Crippen LogP contribution in [0.5, 0.6) is 0 Å². The fourth-order valence-corrected chi connectivity index (χ4v) is 3.24. The fraction of sp³-hybridized carbons (Fsp3) is 0.400. The standard InChI is InChI=1S/C15H16ClNO2S/c16-12-7-6-11(4-1-2-8-18)10-13(12)17-15(19)14-5-3-9-20-14/h6-7,10,14,18H,2-3,5,8-9H2,(H,17,19). The van der Waals surface area contributed by atoms with Crippen molar-refractivity contribution in [3.05, 3.63) is 28.8 Å². The highest BCUT2D eigenvalue weighted by molar-refractivity contribution is 8.00. The van der Waals surface area contributed by atoms with Crippen LogP contribution < -0.4 is 5.32 Å². The minimum atomic E-state index is 0.00914. The van der Waals surface area contributed by atoms with Crippen LogP contribution in [0.25, 0.3) is 0 Å². The van der Waals surface area contributed by atoms with Gasteiger partial charge < -0.3 is 10.4 Å². The Bertz CT molecular complexity index is 545. The lowest BCUT2D eigenvalue weighted by Crippen LogP contribution is -2.23. The summed E-state index contributed by atoms with van der Waals surface area (Å²) in [6.45, 7) is 0.0447. The van der Waals surface area contributed by atoms with Gasteiger partial charge in [0.2, 0.25) is 5.91 Å². The molecule has 0 bridgehead atoms. The Morgan fingerprint density at radius 2 is 2.40 bits per heavy atom. The molecule has 3 nitrogen and oxygen atoms in total. The maximum atomic E-state index is 12.1. The minimum Gasteiger partial charge on any atom is -0.395 e. The van der Waals surface area contributed by atoms with Gasteiger partial charge in [-0.3, -0.25) is 4.79 Å². The Kier molecular flexibility index (Phi) is 5.78. The predicted octanol–water partition coefficient (Wildman–Crippen LogP) is 2.91. The van der Waals surface area contributed by atoms with Crippen molar-refractivity contribution >= 4 is 35.0 Å². The number of carbonyl (C=O) groups is 1. The zero-order valence-corrected chi connectivity index (χ0v) is 12.6. The lowest BCUT2D eigenvalue weighted by atomic mass is 10.2. The van der Waals surface area contributed by atoms with E-state index in [0.717, 1.165) is 24.2 Å². The van der Waals surface area contributed by atoms with Gasteiger partial charge in [0.25, 0.3) is 0 Å². The third kappa shape index (κ3) is 4.17. The Morgan fingerprint density at radius 3 is 3.10 bits per heavy atom. The van der Waals surface area contributed by atoms with Gasteiger partial charge in [-0.25, -0.2) is 0 Å². The molecular formula is C15H16ClNO2S. The molecule has 0 aromatic heterocycles. The second-order valence-corrected chi connectivity index (χ2v) is 6.18. The van der Waals surface area contributed by atoms with Crippen molar-refractivity contribution in [3.8, 4) is 11.8 Å². The summed E-state index contributed by atoms with van der Waals surface area (Å²) in [4.78, 5) is 12.1. The van der Waals surface area contributed by atoms with E-state index in [-0.39, 0.29) is 17.8 Å². The van der Waals surface area contributed by atoms with E-state index < -0.39 is 0 Å². The molecule has 0 radical (unpaired) electrons. The van der Waals surface area contributed by atoms with Crippen LogP contribution in [0.15, 0.2) is 18.2 Å². The van der Waals surface area contributed by atoms with Gasteiger partial charge in [-0.05, 0) is 36.8 Å². The highest BCUT2D eigenvalue weighted by Crippen LogP contribution is 2.29. The van der Waals surface area contributed by atoms with Crippen LogP contribution in [-0.4, -0.2) is 28.6 Å². The van der Waals surface area contributed by atoms with E-state index in [4.69, 9.17) is 16.7 Å². The largest absolute Gasteiger partial charge is 0.395 e. The molecule has 1 atom stereocenters. The van der Waals surface area contributed by atoms with Crippen molar-refractivity contribution < 1.29 is 9.90 Å². The number of anilines is 1. The number of amides is 1. The molecule has 5 heteroatoms. The van der Waals surface area contributed by atoms with Crippen molar-refractivity contribution in [2.75, 3.05) is 17.7 Å². The molecular weight excluding hydrogens is 294 g/mol. The molecule has 20 heavy (non-hydrogen) atoms. The topological polar surface area (TPSA) is 49.3 Å². The van der Waals surface area contributed by atoms with Gasteiger partial charge in [-0.2, -0.15) is 0 Å². The molecule has 1 amide bonds. The summed E-state index contributed by atoms with van der Waals surface area (Å²) >= 11 is 7.78. The molecule has 106 valence electrons. The molecule has 0 saturated carbocycles. The molecule has 1 saturated heterocycles. The van der Waals surface area contributed by atoms with E-state index in [2.05, 4.69) is 17.2 Å². The molecule has 2 rings (SSSR count). The number of nitrogens with one attached hydrogen (secondary N) is 1.